The first-order valence-corrected chi connectivity index (χ1v) is 4.57. The Morgan fingerprint density at radius 1 is 1.57 bits per heavy atom. The molecule has 0 unspecified atom stereocenters. The maximum atomic E-state index is 11.4. The lowest BCUT2D eigenvalue weighted by atomic mass is 10.1. The Hall–Kier alpha value is -1.58. The van der Waals surface area contributed by atoms with Crippen LogP contribution < -0.4 is 0 Å². The van der Waals surface area contributed by atoms with Gasteiger partial charge in [-0.1, -0.05) is 6.92 Å². The van der Waals surface area contributed by atoms with E-state index in [4.69, 9.17) is 4.74 Å². The van der Waals surface area contributed by atoms with Crippen molar-refractivity contribution in [3.8, 4) is 0 Å². The van der Waals surface area contributed by atoms with Crippen LogP contribution in [-0.4, -0.2) is 23.8 Å². The molecule has 0 spiro atoms. The van der Waals surface area contributed by atoms with Crippen molar-refractivity contribution in [2.45, 2.75) is 20.3 Å². The molecule has 1 aromatic rings. The van der Waals surface area contributed by atoms with Gasteiger partial charge in [0.05, 0.1) is 17.9 Å². The van der Waals surface area contributed by atoms with Gasteiger partial charge < -0.3 is 9.72 Å². The first-order valence-electron chi connectivity index (χ1n) is 4.57. The summed E-state index contributed by atoms with van der Waals surface area (Å²) in [7, 11) is 0. The Bertz CT molecular complexity index is 341. The fourth-order valence-electron chi connectivity index (χ4n) is 1.35. The van der Waals surface area contributed by atoms with E-state index >= 15 is 0 Å². The first kappa shape index (κ1) is 10.5. The van der Waals surface area contributed by atoms with E-state index in [1.807, 2.05) is 6.92 Å². The molecule has 0 saturated heterocycles. The van der Waals surface area contributed by atoms with Crippen molar-refractivity contribution in [3.63, 3.8) is 0 Å². The van der Waals surface area contributed by atoms with E-state index in [-0.39, 0.29) is 5.97 Å². The van der Waals surface area contributed by atoms with Gasteiger partial charge in [0.2, 0.25) is 0 Å². The normalized spacial score (nSPS) is 9.86. The van der Waals surface area contributed by atoms with Crippen molar-refractivity contribution in [1.29, 1.82) is 0 Å². The molecule has 0 aromatic carbocycles. The molecule has 0 radical (unpaired) electrons. The molecular formula is C10H13NO3. The molecule has 0 aliphatic rings. The van der Waals surface area contributed by atoms with Crippen LogP contribution in [0.4, 0.5) is 0 Å². The largest absolute Gasteiger partial charge is 0.462 e. The topological polar surface area (TPSA) is 59.2 Å². The van der Waals surface area contributed by atoms with Crippen LogP contribution in [0.5, 0.6) is 0 Å². The average molecular weight is 195 g/mol. The second-order valence-corrected chi connectivity index (χ2v) is 2.79. The summed E-state index contributed by atoms with van der Waals surface area (Å²) in [5.74, 6) is -0.381. The Morgan fingerprint density at radius 3 is 2.79 bits per heavy atom. The Kier molecular flexibility index (Phi) is 3.45. The zero-order valence-corrected chi connectivity index (χ0v) is 8.29. The maximum absolute atomic E-state index is 11.4. The highest BCUT2D eigenvalue weighted by atomic mass is 16.5. The van der Waals surface area contributed by atoms with Gasteiger partial charge in [0.1, 0.15) is 0 Å². The number of aldehydes is 1. The number of H-pyrrole nitrogens is 1. The van der Waals surface area contributed by atoms with Gasteiger partial charge in [0, 0.05) is 6.20 Å². The zero-order valence-electron chi connectivity index (χ0n) is 8.29. The predicted molar refractivity (Wildman–Crippen MR) is 51.5 cm³/mol. The van der Waals surface area contributed by atoms with Gasteiger partial charge in [-0.25, -0.2) is 4.79 Å². The molecule has 0 aliphatic carbocycles. The third-order valence-electron chi connectivity index (χ3n) is 1.99. The molecule has 1 rings (SSSR count). The third kappa shape index (κ3) is 1.84. The lowest BCUT2D eigenvalue weighted by Gasteiger charge is -2.01. The number of carbonyl (C=O) groups is 2. The van der Waals surface area contributed by atoms with E-state index < -0.39 is 0 Å². The van der Waals surface area contributed by atoms with Crippen molar-refractivity contribution in [1.82, 2.24) is 4.98 Å². The van der Waals surface area contributed by atoms with Gasteiger partial charge >= 0.3 is 5.97 Å². The molecule has 0 amide bonds. The van der Waals surface area contributed by atoms with Gasteiger partial charge in [0.15, 0.2) is 6.29 Å². The fraction of sp³-hybridized carbons (Fsp3) is 0.400. The highest BCUT2D eigenvalue weighted by molar-refractivity contribution is 5.94. The van der Waals surface area contributed by atoms with Crippen LogP contribution in [0.25, 0.3) is 0 Å². The summed E-state index contributed by atoms with van der Waals surface area (Å²) in [6, 6.07) is 0. The number of hydrogen-bond acceptors (Lipinski definition) is 3. The Labute approximate surface area is 82.3 Å². The van der Waals surface area contributed by atoms with Crippen LogP contribution in [0, 0.1) is 0 Å². The minimum atomic E-state index is -0.381. The predicted octanol–water partition coefficient (Wildman–Crippen LogP) is 1.57. The van der Waals surface area contributed by atoms with E-state index in [2.05, 4.69) is 4.98 Å². The summed E-state index contributed by atoms with van der Waals surface area (Å²) in [6.07, 6.45) is 2.86. The molecule has 1 heterocycles. The molecule has 0 saturated carbocycles. The van der Waals surface area contributed by atoms with Crippen LogP contribution in [0.3, 0.4) is 0 Å². The molecule has 76 valence electrons. The van der Waals surface area contributed by atoms with E-state index in [0.717, 1.165) is 5.56 Å². The summed E-state index contributed by atoms with van der Waals surface area (Å²) in [5.41, 5.74) is 1.63. The van der Waals surface area contributed by atoms with Crippen LogP contribution in [0.15, 0.2) is 6.20 Å². The summed E-state index contributed by atoms with van der Waals surface area (Å²) in [6.45, 7) is 3.97. The first-order chi connectivity index (χ1) is 6.74. The molecule has 14 heavy (non-hydrogen) atoms. The molecule has 4 heteroatoms. The number of carbonyl (C=O) groups excluding carboxylic acids is 2. The van der Waals surface area contributed by atoms with Crippen molar-refractivity contribution >= 4 is 12.3 Å². The third-order valence-corrected chi connectivity index (χ3v) is 1.99. The number of esters is 1. The van der Waals surface area contributed by atoms with Crippen molar-refractivity contribution in [2.75, 3.05) is 6.61 Å². The van der Waals surface area contributed by atoms with Crippen LogP contribution in [0.1, 0.15) is 40.3 Å². The van der Waals surface area contributed by atoms with Crippen LogP contribution in [0.2, 0.25) is 0 Å². The Morgan fingerprint density at radius 2 is 2.29 bits per heavy atom. The van der Waals surface area contributed by atoms with Crippen molar-refractivity contribution in [2.24, 2.45) is 0 Å². The Balaban J connectivity index is 3.02. The summed E-state index contributed by atoms with van der Waals surface area (Å²) < 4.78 is 4.85. The van der Waals surface area contributed by atoms with Crippen molar-refractivity contribution < 1.29 is 14.3 Å². The van der Waals surface area contributed by atoms with E-state index in [1.54, 1.807) is 6.92 Å². The van der Waals surface area contributed by atoms with Gasteiger partial charge in [-0.2, -0.15) is 0 Å². The SMILES string of the molecule is CCOC(=O)c1c[nH]c(C=O)c1CC. The molecular weight excluding hydrogens is 182 g/mol. The molecule has 4 nitrogen and oxygen atoms in total. The molecule has 0 bridgehead atoms. The average Bonchev–Trinajstić information content (AvgIpc) is 2.60. The van der Waals surface area contributed by atoms with Crippen molar-refractivity contribution in [3.05, 3.63) is 23.0 Å². The van der Waals surface area contributed by atoms with E-state index in [0.29, 0.717) is 30.6 Å². The minimum Gasteiger partial charge on any atom is -0.462 e. The highest BCUT2D eigenvalue weighted by Crippen LogP contribution is 2.14. The number of hydrogen-bond donors (Lipinski definition) is 1. The monoisotopic (exact) mass is 195 g/mol. The number of aromatic nitrogens is 1. The van der Waals surface area contributed by atoms with Gasteiger partial charge in [-0.3, -0.25) is 4.79 Å². The number of rotatable bonds is 4. The van der Waals surface area contributed by atoms with Gasteiger partial charge in [-0.05, 0) is 18.9 Å². The molecule has 0 fully saturated rings. The lowest BCUT2D eigenvalue weighted by Crippen LogP contribution is -2.06. The van der Waals surface area contributed by atoms with E-state index in [1.165, 1.54) is 6.20 Å². The highest BCUT2D eigenvalue weighted by Gasteiger charge is 2.16. The summed E-state index contributed by atoms with van der Waals surface area (Å²) in [5, 5.41) is 0. The minimum absolute atomic E-state index is 0.337. The number of aromatic amines is 1. The second-order valence-electron chi connectivity index (χ2n) is 2.79. The molecule has 0 aliphatic heterocycles. The number of nitrogens with one attached hydrogen (secondary N) is 1. The summed E-state index contributed by atoms with van der Waals surface area (Å²) in [4.78, 5) is 24.7. The smallest absolute Gasteiger partial charge is 0.339 e. The summed E-state index contributed by atoms with van der Waals surface area (Å²) >= 11 is 0. The van der Waals surface area contributed by atoms with E-state index in [9.17, 15) is 9.59 Å². The lowest BCUT2D eigenvalue weighted by molar-refractivity contribution is 0.0525. The van der Waals surface area contributed by atoms with Gasteiger partial charge in [-0.15, -0.1) is 0 Å². The standard InChI is InChI=1S/C10H13NO3/c1-3-7-8(10(13)14-4-2)5-11-9(7)6-12/h5-6,11H,3-4H2,1-2H3. The molecule has 0 atom stereocenters. The number of ether oxygens (including phenoxy) is 1. The zero-order chi connectivity index (χ0) is 10.6. The quantitative estimate of drug-likeness (QED) is 0.586. The van der Waals surface area contributed by atoms with Crippen LogP contribution in [-0.2, 0) is 11.2 Å². The molecule has 1 aromatic heterocycles. The maximum Gasteiger partial charge on any atom is 0.339 e. The molecule has 1 N–H and O–H groups in total. The van der Waals surface area contributed by atoms with Gasteiger partial charge in [0.25, 0.3) is 0 Å². The second kappa shape index (κ2) is 4.60. The fourth-order valence-corrected chi connectivity index (χ4v) is 1.35. The van der Waals surface area contributed by atoms with Crippen LogP contribution >= 0.6 is 0 Å².